The van der Waals surface area contributed by atoms with Gasteiger partial charge in [0.15, 0.2) is 6.04 Å². The van der Waals surface area contributed by atoms with Gasteiger partial charge in [-0.15, -0.1) is 0 Å². The van der Waals surface area contributed by atoms with Crippen molar-refractivity contribution in [1.29, 1.82) is 0 Å². The molecule has 3 N–H and O–H groups in total. The molecule has 0 bridgehead atoms. The summed E-state index contributed by atoms with van der Waals surface area (Å²) in [7, 11) is 3.18. The van der Waals surface area contributed by atoms with E-state index >= 15 is 0 Å². The van der Waals surface area contributed by atoms with Gasteiger partial charge >= 0.3 is 5.97 Å². The third kappa shape index (κ3) is 4.65. The topological polar surface area (TPSA) is 160 Å². The van der Waals surface area contributed by atoms with Crippen LogP contribution in [-0.4, -0.2) is 62.3 Å². The first-order valence-corrected chi connectivity index (χ1v) is 12.4. The molecule has 0 aromatic carbocycles. The lowest BCUT2D eigenvalue weighted by Crippen LogP contribution is -2.21. The predicted octanol–water partition coefficient (Wildman–Crippen LogP) is 2.38. The molecule has 5 heterocycles. The van der Waals surface area contributed by atoms with Crippen LogP contribution < -0.4 is 11.1 Å². The number of esters is 1. The van der Waals surface area contributed by atoms with Crippen molar-refractivity contribution in [3.8, 4) is 11.3 Å². The monoisotopic (exact) mass is 526 g/mol. The predicted molar refractivity (Wildman–Crippen MR) is 143 cm³/mol. The van der Waals surface area contributed by atoms with Crippen LogP contribution in [0.25, 0.3) is 22.0 Å². The lowest BCUT2D eigenvalue weighted by molar-refractivity contribution is -0.142. The molecule has 12 heteroatoms. The number of anilines is 2. The molecule has 1 fully saturated rings. The molecule has 1 amide bonds. The third-order valence-corrected chi connectivity index (χ3v) is 7.01. The Morgan fingerprint density at radius 2 is 2.00 bits per heavy atom. The highest BCUT2D eigenvalue weighted by atomic mass is 16.5. The smallest absolute Gasteiger partial charge is 0.334 e. The summed E-state index contributed by atoms with van der Waals surface area (Å²) in [5.41, 5.74) is 10.1. The fourth-order valence-corrected chi connectivity index (χ4v) is 4.80. The lowest BCUT2D eigenvalue weighted by atomic mass is 10.0. The van der Waals surface area contributed by atoms with Gasteiger partial charge in [-0.05, 0) is 54.0 Å². The van der Waals surface area contributed by atoms with E-state index in [2.05, 4.69) is 30.4 Å². The summed E-state index contributed by atoms with van der Waals surface area (Å²) >= 11 is 0. The van der Waals surface area contributed by atoms with Gasteiger partial charge in [-0.25, -0.2) is 19.8 Å². The van der Waals surface area contributed by atoms with Crippen LogP contribution in [0.1, 0.15) is 29.2 Å². The molecule has 4 aromatic rings. The molecule has 0 radical (unpaired) electrons. The Kier molecular flexibility index (Phi) is 5.93. The van der Waals surface area contributed by atoms with E-state index in [9.17, 15) is 9.59 Å². The van der Waals surface area contributed by atoms with Crippen LogP contribution in [0.2, 0.25) is 0 Å². The zero-order valence-corrected chi connectivity index (χ0v) is 21.6. The Bertz CT molecular complexity index is 1660. The molecule has 0 spiro atoms. The number of nitrogen functional groups attached to an aromatic ring is 1. The van der Waals surface area contributed by atoms with Gasteiger partial charge in [0, 0.05) is 42.5 Å². The molecule has 3 atom stereocenters. The summed E-state index contributed by atoms with van der Waals surface area (Å²) in [5.74, 6) is 0.607. The van der Waals surface area contributed by atoms with Gasteiger partial charge in [-0.1, -0.05) is 0 Å². The Balaban J connectivity index is 1.23. The number of aromatic nitrogens is 5. The molecule has 1 saturated carbocycles. The molecular formula is C27H26N8O4. The van der Waals surface area contributed by atoms with Gasteiger partial charge in [0.05, 0.1) is 19.0 Å². The van der Waals surface area contributed by atoms with E-state index in [1.54, 1.807) is 29.3 Å². The summed E-state index contributed by atoms with van der Waals surface area (Å²) in [6, 6.07) is 4.81. The highest BCUT2D eigenvalue weighted by molar-refractivity contribution is 5.99. The van der Waals surface area contributed by atoms with Crippen LogP contribution in [0.5, 0.6) is 0 Å². The van der Waals surface area contributed by atoms with E-state index in [-0.39, 0.29) is 24.3 Å². The summed E-state index contributed by atoms with van der Waals surface area (Å²) in [5, 5.41) is 8.60. The van der Waals surface area contributed by atoms with Crippen LogP contribution in [0.4, 0.5) is 11.6 Å². The number of amides is 1. The van der Waals surface area contributed by atoms with Crippen LogP contribution >= 0.6 is 0 Å². The van der Waals surface area contributed by atoms with Crippen molar-refractivity contribution in [2.24, 2.45) is 18.0 Å². The van der Waals surface area contributed by atoms with Gasteiger partial charge in [-0.3, -0.25) is 14.5 Å². The summed E-state index contributed by atoms with van der Waals surface area (Å²) in [4.78, 5) is 42.3. The number of carbonyl (C=O) groups excluding carboxylic acids is 2. The zero-order chi connectivity index (χ0) is 27.3. The number of rotatable bonds is 6. The molecule has 198 valence electrons. The number of aryl methyl sites for hydroxylation is 2. The van der Waals surface area contributed by atoms with Crippen LogP contribution in [-0.2, 0) is 26.1 Å². The second-order valence-electron chi connectivity index (χ2n) is 9.74. The Morgan fingerprint density at radius 1 is 1.15 bits per heavy atom. The molecule has 12 nitrogen and oxygen atoms in total. The van der Waals surface area contributed by atoms with Crippen molar-refractivity contribution in [3.05, 3.63) is 59.8 Å². The van der Waals surface area contributed by atoms with E-state index in [0.717, 1.165) is 28.5 Å². The Labute approximate surface area is 223 Å². The molecule has 4 aromatic heterocycles. The number of hydrogen-bond acceptors (Lipinski definition) is 10. The SMILES string of the molecule is COC(=O)[C@@H]1COC(c2cc(C)c(-c3cc4cc(NC(=O)[C@H]5C[C@@H]5c5cnn(C)c5)ncc4c(N)n3)cn2)=N1. The highest BCUT2D eigenvalue weighted by Gasteiger charge is 2.44. The maximum Gasteiger partial charge on any atom is 0.334 e. The van der Waals surface area contributed by atoms with E-state index in [1.807, 2.05) is 32.3 Å². The number of pyridine rings is 3. The quantitative estimate of drug-likeness (QED) is 0.360. The van der Waals surface area contributed by atoms with Crippen molar-refractivity contribution >= 4 is 40.2 Å². The van der Waals surface area contributed by atoms with Gasteiger partial charge < -0.3 is 20.5 Å². The summed E-state index contributed by atoms with van der Waals surface area (Å²) in [6.07, 6.45) is 7.82. The maximum absolute atomic E-state index is 12.8. The number of nitrogens with one attached hydrogen (secondary N) is 1. The third-order valence-electron chi connectivity index (χ3n) is 7.01. The summed E-state index contributed by atoms with van der Waals surface area (Å²) in [6.45, 7) is 2.04. The van der Waals surface area contributed by atoms with Crippen LogP contribution in [0.15, 0.2) is 48.0 Å². The summed E-state index contributed by atoms with van der Waals surface area (Å²) < 4.78 is 12.0. The Hall–Kier alpha value is -4.87. The fourth-order valence-electron chi connectivity index (χ4n) is 4.80. The number of fused-ring (bicyclic) bond motifs is 1. The normalized spacial score (nSPS) is 19.9. The molecule has 2 aliphatic rings. The lowest BCUT2D eigenvalue weighted by Gasteiger charge is -2.11. The number of hydrogen-bond donors (Lipinski definition) is 2. The highest BCUT2D eigenvalue weighted by Crippen LogP contribution is 2.47. The van der Waals surface area contributed by atoms with Gasteiger partial charge in [0.1, 0.15) is 23.9 Å². The van der Waals surface area contributed by atoms with E-state index in [1.165, 1.54) is 7.11 Å². The first-order valence-electron chi connectivity index (χ1n) is 12.4. The van der Waals surface area contributed by atoms with Crippen molar-refractivity contribution in [1.82, 2.24) is 24.7 Å². The minimum Gasteiger partial charge on any atom is -0.473 e. The second kappa shape index (κ2) is 9.46. The molecule has 0 saturated heterocycles. The first-order chi connectivity index (χ1) is 18.8. The average Bonchev–Trinajstić information content (AvgIpc) is 3.35. The Morgan fingerprint density at radius 3 is 2.74 bits per heavy atom. The molecule has 1 aliphatic heterocycles. The van der Waals surface area contributed by atoms with Crippen LogP contribution in [0.3, 0.4) is 0 Å². The number of nitrogens with zero attached hydrogens (tertiary/aromatic N) is 6. The molecule has 1 aliphatic carbocycles. The van der Waals surface area contributed by atoms with E-state index in [0.29, 0.717) is 34.3 Å². The number of carbonyl (C=O) groups is 2. The van der Waals surface area contributed by atoms with Gasteiger partial charge in [0.25, 0.3) is 0 Å². The largest absolute Gasteiger partial charge is 0.473 e. The second-order valence-corrected chi connectivity index (χ2v) is 9.74. The van der Waals surface area contributed by atoms with E-state index < -0.39 is 12.0 Å². The fraction of sp³-hybridized carbons (Fsp3) is 0.296. The van der Waals surface area contributed by atoms with Crippen molar-refractivity contribution in [3.63, 3.8) is 0 Å². The standard InChI is InChI=1S/C27H26N8O4/c1-13-4-21(26-33-22(12-39-26)27(37)38-3)29-9-18(13)20-5-14-6-23(30-10-19(14)24(28)32-20)34-25(36)17-7-16(17)15-8-31-35(2)11-15/h4-6,8-11,16-17,22H,7,12H2,1-3H3,(H2,28,32)(H,30,34,36)/t16-,17+,22+/m1/s1. The molecule has 39 heavy (non-hydrogen) atoms. The molecular weight excluding hydrogens is 500 g/mol. The zero-order valence-electron chi connectivity index (χ0n) is 21.6. The van der Waals surface area contributed by atoms with Gasteiger partial charge in [0.2, 0.25) is 11.8 Å². The molecule has 0 unspecified atom stereocenters. The molecule has 6 rings (SSSR count). The minimum atomic E-state index is -0.696. The van der Waals surface area contributed by atoms with Crippen molar-refractivity contribution in [2.45, 2.75) is 25.3 Å². The number of aliphatic imine (C=N–C) groups is 1. The van der Waals surface area contributed by atoms with Gasteiger partial charge in [-0.2, -0.15) is 5.10 Å². The first kappa shape index (κ1) is 24.5. The number of methoxy groups -OCH3 is 1. The maximum atomic E-state index is 12.8. The van der Waals surface area contributed by atoms with Crippen molar-refractivity contribution in [2.75, 3.05) is 24.8 Å². The van der Waals surface area contributed by atoms with E-state index in [4.69, 9.17) is 15.2 Å². The number of nitrogens with two attached hydrogens (primary N) is 1. The number of ether oxygens (including phenoxy) is 2. The average molecular weight is 527 g/mol. The minimum absolute atomic E-state index is 0.0694. The van der Waals surface area contributed by atoms with Crippen molar-refractivity contribution < 1.29 is 19.1 Å². The van der Waals surface area contributed by atoms with Crippen LogP contribution in [0, 0.1) is 12.8 Å².